The summed E-state index contributed by atoms with van der Waals surface area (Å²) in [6.07, 6.45) is 2.22. The Balaban J connectivity index is 2.38. The first-order valence-corrected chi connectivity index (χ1v) is 6.00. The Kier molecular flexibility index (Phi) is 3.59. The molecule has 2 aromatic rings. The van der Waals surface area contributed by atoms with Crippen LogP contribution >= 0.6 is 0 Å². The molecule has 2 rings (SSSR count). The maximum atomic E-state index is 11.1. The first kappa shape index (κ1) is 11.9. The number of para-hydroxylation sites is 1. The van der Waals surface area contributed by atoms with E-state index < -0.39 is 0 Å². The van der Waals surface area contributed by atoms with E-state index in [0.29, 0.717) is 13.0 Å². The number of benzene rings is 1. The van der Waals surface area contributed by atoms with Crippen LogP contribution < -0.4 is 5.73 Å². The molecule has 3 N–H and O–H groups in total. The van der Waals surface area contributed by atoms with E-state index in [1.54, 1.807) is 6.92 Å². The van der Waals surface area contributed by atoms with Gasteiger partial charge in [0.15, 0.2) is 0 Å². The number of aromatic nitrogens is 1. The zero-order chi connectivity index (χ0) is 12.3. The largest absolute Gasteiger partial charge is 0.358 e. The van der Waals surface area contributed by atoms with Gasteiger partial charge in [-0.2, -0.15) is 0 Å². The van der Waals surface area contributed by atoms with Crippen molar-refractivity contribution in [3.8, 4) is 0 Å². The minimum atomic E-state index is 0.224. The molecule has 1 aromatic carbocycles. The predicted molar refractivity (Wildman–Crippen MR) is 70.1 cm³/mol. The predicted octanol–water partition coefficient (Wildman–Crippen LogP) is 2.19. The number of hydrogen-bond acceptors (Lipinski definition) is 2. The summed E-state index contributed by atoms with van der Waals surface area (Å²) in [4.78, 5) is 14.5. The average Bonchev–Trinajstić information content (AvgIpc) is 2.66. The summed E-state index contributed by atoms with van der Waals surface area (Å²) in [5.74, 6) is 0.224. The molecule has 1 aromatic heterocycles. The molecule has 0 radical (unpaired) electrons. The van der Waals surface area contributed by atoms with Gasteiger partial charge in [-0.1, -0.05) is 18.2 Å². The number of aromatic amines is 1. The molecular formula is C14H18N2O. The number of H-pyrrole nitrogens is 1. The first-order valence-electron chi connectivity index (χ1n) is 6.00. The number of hydrogen-bond donors (Lipinski definition) is 2. The van der Waals surface area contributed by atoms with Gasteiger partial charge in [0.05, 0.1) is 0 Å². The molecule has 0 aliphatic heterocycles. The number of fused-ring (bicyclic) bond motifs is 1. The van der Waals surface area contributed by atoms with Gasteiger partial charge in [0, 0.05) is 23.0 Å². The summed E-state index contributed by atoms with van der Waals surface area (Å²) in [5.41, 5.74) is 9.22. The third-order valence-electron chi connectivity index (χ3n) is 3.02. The van der Waals surface area contributed by atoms with Crippen molar-refractivity contribution in [2.75, 3.05) is 6.54 Å². The van der Waals surface area contributed by atoms with E-state index in [1.165, 1.54) is 10.9 Å². The molecule has 90 valence electrons. The van der Waals surface area contributed by atoms with E-state index in [0.717, 1.165) is 24.1 Å². The third kappa shape index (κ3) is 2.56. The van der Waals surface area contributed by atoms with E-state index in [-0.39, 0.29) is 5.78 Å². The fraction of sp³-hybridized carbons (Fsp3) is 0.357. The molecule has 0 unspecified atom stereocenters. The van der Waals surface area contributed by atoms with Crippen molar-refractivity contribution < 1.29 is 4.79 Å². The average molecular weight is 230 g/mol. The summed E-state index contributed by atoms with van der Waals surface area (Å²) in [5, 5.41) is 1.23. The fourth-order valence-electron chi connectivity index (χ4n) is 2.20. The van der Waals surface area contributed by atoms with Crippen molar-refractivity contribution in [1.29, 1.82) is 0 Å². The molecule has 0 saturated heterocycles. The van der Waals surface area contributed by atoms with Crippen LogP contribution in [0.2, 0.25) is 0 Å². The molecule has 0 aliphatic carbocycles. The monoisotopic (exact) mass is 230 g/mol. The van der Waals surface area contributed by atoms with Crippen molar-refractivity contribution in [3.05, 3.63) is 35.5 Å². The van der Waals surface area contributed by atoms with Crippen molar-refractivity contribution in [2.24, 2.45) is 5.73 Å². The van der Waals surface area contributed by atoms with Gasteiger partial charge in [0.2, 0.25) is 0 Å². The lowest BCUT2D eigenvalue weighted by molar-refractivity contribution is -0.116. The lowest BCUT2D eigenvalue weighted by atomic mass is 10.0. The summed E-state index contributed by atoms with van der Waals surface area (Å²) in [6.45, 7) is 2.26. The van der Waals surface area contributed by atoms with Crippen LogP contribution in [0.25, 0.3) is 10.9 Å². The van der Waals surface area contributed by atoms with Gasteiger partial charge in [-0.05, 0) is 37.9 Å². The minimum Gasteiger partial charge on any atom is -0.358 e. The normalized spacial score (nSPS) is 10.9. The van der Waals surface area contributed by atoms with E-state index in [2.05, 4.69) is 17.1 Å². The van der Waals surface area contributed by atoms with Gasteiger partial charge >= 0.3 is 0 Å². The second kappa shape index (κ2) is 5.15. The standard InChI is InChI=1S/C14H18N2O/c1-10(17)6-7-14-12(8-9-15)11-4-2-3-5-13(11)16-14/h2-5,16H,6-9,15H2,1H3. The van der Waals surface area contributed by atoms with E-state index in [4.69, 9.17) is 5.73 Å². The SMILES string of the molecule is CC(=O)CCc1[nH]c2ccccc2c1CCN. The van der Waals surface area contributed by atoms with Crippen molar-refractivity contribution in [3.63, 3.8) is 0 Å². The van der Waals surface area contributed by atoms with Gasteiger partial charge in [-0.3, -0.25) is 0 Å². The van der Waals surface area contributed by atoms with Crippen molar-refractivity contribution in [1.82, 2.24) is 4.98 Å². The van der Waals surface area contributed by atoms with E-state index in [9.17, 15) is 4.79 Å². The lowest BCUT2D eigenvalue weighted by Gasteiger charge is -2.02. The lowest BCUT2D eigenvalue weighted by Crippen LogP contribution is -2.05. The molecule has 0 aliphatic rings. The summed E-state index contributed by atoms with van der Waals surface area (Å²) in [6, 6.07) is 8.21. The molecule has 0 bridgehead atoms. The minimum absolute atomic E-state index is 0.224. The Morgan fingerprint density at radius 3 is 2.76 bits per heavy atom. The highest BCUT2D eigenvalue weighted by molar-refractivity contribution is 5.85. The molecule has 17 heavy (non-hydrogen) atoms. The third-order valence-corrected chi connectivity index (χ3v) is 3.02. The summed E-state index contributed by atoms with van der Waals surface area (Å²) in [7, 11) is 0. The molecule has 0 amide bonds. The number of carbonyl (C=O) groups excluding carboxylic acids is 1. The molecule has 0 atom stereocenters. The maximum absolute atomic E-state index is 11.1. The number of ketones is 1. The number of carbonyl (C=O) groups is 1. The smallest absolute Gasteiger partial charge is 0.130 e. The summed E-state index contributed by atoms with van der Waals surface area (Å²) >= 11 is 0. The Morgan fingerprint density at radius 2 is 2.06 bits per heavy atom. The molecule has 0 spiro atoms. The maximum Gasteiger partial charge on any atom is 0.130 e. The van der Waals surface area contributed by atoms with Crippen LogP contribution in [-0.2, 0) is 17.6 Å². The van der Waals surface area contributed by atoms with Crippen molar-refractivity contribution >= 4 is 16.7 Å². The second-order valence-electron chi connectivity index (χ2n) is 4.37. The highest BCUT2D eigenvalue weighted by atomic mass is 16.1. The van der Waals surface area contributed by atoms with Crippen LogP contribution in [0.1, 0.15) is 24.6 Å². The molecule has 3 heteroatoms. The van der Waals surface area contributed by atoms with Gasteiger partial charge < -0.3 is 15.5 Å². The number of aryl methyl sites for hydroxylation is 1. The van der Waals surface area contributed by atoms with Gasteiger partial charge in [-0.25, -0.2) is 0 Å². The van der Waals surface area contributed by atoms with Gasteiger partial charge in [0.25, 0.3) is 0 Å². The van der Waals surface area contributed by atoms with Crippen LogP contribution in [0.3, 0.4) is 0 Å². The van der Waals surface area contributed by atoms with Gasteiger partial charge in [0.1, 0.15) is 5.78 Å². The second-order valence-corrected chi connectivity index (χ2v) is 4.37. The molecule has 0 fully saturated rings. The van der Waals surface area contributed by atoms with Crippen LogP contribution in [0.15, 0.2) is 24.3 Å². The highest BCUT2D eigenvalue weighted by Gasteiger charge is 2.10. The van der Waals surface area contributed by atoms with E-state index in [1.807, 2.05) is 12.1 Å². The molecule has 3 nitrogen and oxygen atoms in total. The van der Waals surface area contributed by atoms with Crippen LogP contribution in [0.4, 0.5) is 0 Å². The van der Waals surface area contributed by atoms with Gasteiger partial charge in [-0.15, -0.1) is 0 Å². The topological polar surface area (TPSA) is 58.9 Å². The van der Waals surface area contributed by atoms with E-state index >= 15 is 0 Å². The van der Waals surface area contributed by atoms with Crippen LogP contribution in [0.5, 0.6) is 0 Å². The number of Topliss-reactive ketones (excluding diaryl/α,β-unsaturated/α-hetero) is 1. The number of nitrogens with one attached hydrogen (secondary N) is 1. The first-order chi connectivity index (χ1) is 8.22. The Hall–Kier alpha value is -1.61. The quantitative estimate of drug-likeness (QED) is 0.827. The van der Waals surface area contributed by atoms with Crippen LogP contribution in [-0.4, -0.2) is 17.3 Å². The number of nitrogens with two attached hydrogens (primary N) is 1. The highest BCUT2D eigenvalue weighted by Crippen LogP contribution is 2.23. The fourth-order valence-corrected chi connectivity index (χ4v) is 2.20. The Bertz CT molecular complexity index is 528. The molecular weight excluding hydrogens is 212 g/mol. The number of rotatable bonds is 5. The Morgan fingerprint density at radius 1 is 1.29 bits per heavy atom. The molecule has 1 heterocycles. The zero-order valence-corrected chi connectivity index (χ0v) is 10.1. The van der Waals surface area contributed by atoms with Crippen LogP contribution in [0, 0.1) is 0 Å². The molecule has 0 saturated carbocycles. The zero-order valence-electron chi connectivity index (χ0n) is 10.1. The summed E-state index contributed by atoms with van der Waals surface area (Å²) < 4.78 is 0. The van der Waals surface area contributed by atoms with Crippen molar-refractivity contribution in [2.45, 2.75) is 26.2 Å². The Labute approximate surface area is 101 Å².